The van der Waals surface area contributed by atoms with Gasteiger partial charge < -0.3 is 20.1 Å². The van der Waals surface area contributed by atoms with Crippen molar-refractivity contribution in [3.8, 4) is 5.75 Å². The standard InChI is InChI=1S/C19H23F3N4O2/c1-28-15-6-5-13(16(8-15)19(20,21)22)10-23-17-9-18(25-12-24-17)26-7-3-2-4-14(26)11-27/h5-6,8-9,12,14,27H,2-4,7,10-11H2,1H3,(H,23,24,25). The Labute approximate surface area is 161 Å². The molecule has 3 rings (SSSR count). The third kappa shape index (κ3) is 4.64. The molecule has 1 aliphatic rings. The number of nitrogens with zero attached hydrogens (tertiary/aromatic N) is 3. The van der Waals surface area contributed by atoms with Crippen molar-refractivity contribution < 1.29 is 23.0 Å². The average Bonchev–Trinajstić information content (AvgIpc) is 2.71. The third-order valence-corrected chi connectivity index (χ3v) is 4.87. The Bertz CT molecular complexity index is 801. The zero-order chi connectivity index (χ0) is 20.1. The summed E-state index contributed by atoms with van der Waals surface area (Å²) in [5, 5.41) is 12.5. The molecule has 1 aliphatic heterocycles. The van der Waals surface area contributed by atoms with Gasteiger partial charge in [-0.15, -0.1) is 0 Å². The second kappa shape index (κ2) is 8.64. The van der Waals surface area contributed by atoms with Crippen LogP contribution in [0.2, 0.25) is 0 Å². The zero-order valence-electron chi connectivity index (χ0n) is 15.5. The van der Waals surface area contributed by atoms with Gasteiger partial charge in [-0.2, -0.15) is 13.2 Å². The number of ether oxygens (including phenoxy) is 1. The lowest BCUT2D eigenvalue weighted by Gasteiger charge is -2.35. The Morgan fingerprint density at radius 1 is 1.25 bits per heavy atom. The monoisotopic (exact) mass is 396 g/mol. The second-order valence-electron chi connectivity index (χ2n) is 6.66. The van der Waals surface area contributed by atoms with Gasteiger partial charge in [0.15, 0.2) is 0 Å². The van der Waals surface area contributed by atoms with Crippen LogP contribution in [0.15, 0.2) is 30.6 Å². The predicted octanol–water partition coefficient (Wildman–Crippen LogP) is 3.47. The normalized spacial score (nSPS) is 17.5. The molecule has 0 bridgehead atoms. The summed E-state index contributed by atoms with van der Waals surface area (Å²) in [7, 11) is 1.33. The van der Waals surface area contributed by atoms with E-state index in [2.05, 4.69) is 15.3 Å². The van der Waals surface area contributed by atoms with E-state index in [9.17, 15) is 18.3 Å². The lowest BCUT2D eigenvalue weighted by atomic mass is 10.0. The quantitative estimate of drug-likeness (QED) is 0.779. The van der Waals surface area contributed by atoms with E-state index < -0.39 is 11.7 Å². The average molecular weight is 396 g/mol. The summed E-state index contributed by atoms with van der Waals surface area (Å²) in [6.07, 6.45) is -0.173. The number of anilines is 2. The van der Waals surface area contributed by atoms with E-state index >= 15 is 0 Å². The first-order valence-electron chi connectivity index (χ1n) is 9.10. The van der Waals surface area contributed by atoms with Crippen LogP contribution in [-0.4, -0.2) is 41.4 Å². The molecule has 1 fully saturated rings. The van der Waals surface area contributed by atoms with Gasteiger partial charge in [0.05, 0.1) is 25.3 Å². The number of nitrogens with one attached hydrogen (secondary N) is 1. The number of hydrogen-bond acceptors (Lipinski definition) is 6. The molecule has 2 heterocycles. The Morgan fingerprint density at radius 3 is 2.79 bits per heavy atom. The van der Waals surface area contributed by atoms with Crippen molar-refractivity contribution >= 4 is 11.6 Å². The molecule has 0 saturated carbocycles. The molecule has 0 spiro atoms. The van der Waals surface area contributed by atoms with Gasteiger partial charge in [-0.05, 0) is 37.0 Å². The molecule has 0 radical (unpaired) electrons. The van der Waals surface area contributed by atoms with Gasteiger partial charge in [-0.25, -0.2) is 9.97 Å². The third-order valence-electron chi connectivity index (χ3n) is 4.87. The van der Waals surface area contributed by atoms with E-state index in [1.165, 1.54) is 25.6 Å². The molecule has 1 saturated heterocycles. The molecular formula is C19H23F3N4O2. The smallest absolute Gasteiger partial charge is 0.416 e. The molecule has 1 unspecified atom stereocenters. The summed E-state index contributed by atoms with van der Waals surface area (Å²) in [6, 6.07) is 5.57. The summed E-state index contributed by atoms with van der Waals surface area (Å²) in [6.45, 7) is 0.769. The van der Waals surface area contributed by atoms with Crippen LogP contribution in [0, 0.1) is 0 Å². The lowest BCUT2D eigenvalue weighted by molar-refractivity contribution is -0.138. The topological polar surface area (TPSA) is 70.5 Å². The molecule has 1 aromatic carbocycles. The highest BCUT2D eigenvalue weighted by Gasteiger charge is 2.33. The number of hydrogen-bond donors (Lipinski definition) is 2. The maximum absolute atomic E-state index is 13.3. The Morgan fingerprint density at radius 2 is 2.07 bits per heavy atom. The molecule has 28 heavy (non-hydrogen) atoms. The van der Waals surface area contributed by atoms with Crippen LogP contribution < -0.4 is 15.0 Å². The van der Waals surface area contributed by atoms with Crippen LogP contribution in [0.1, 0.15) is 30.4 Å². The van der Waals surface area contributed by atoms with Crippen LogP contribution in [0.5, 0.6) is 5.75 Å². The number of aliphatic hydroxyl groups is 1. The van der Waals surface area contributed by atoms with Gasteiger partial charge in [0.25, 0.3) is 0 Å². The number of benzene rings is 1. The fourth-order valence-corrected chi connectivity index (χ4v) is 3.38. The maximum atomic E-state index is 13.3. The number of aliphatic hydroxyl groups excluding tert-OH is 1. The first kappa shape index (κ1) is 20.2. The van der Waals surface area contributed by atoms with E-state index in [1.54, 1.807) is 6.07 Å². The molecule has 0 amide bonds. The number of alkyl halides is 3. The summed E-state index contributed by atoms with van der Waals surface area (Å²) in [5.74, 6) is 1.23. The minimum atomic E-state index is -4.48. The molecule has 1 aromatic heterocycles. The molecule has 2 aromatic rings. The summed E-state index contributed by atoms with van der Waals surface area (Å²) < 4.78 is 44.9. The Hall–Kier alpha value is -2.55. The van der Waals surface area contributed by atoms with Crippen molar-refractivity contribution in [1.82, 2.24) is 9.97 Å². The first-order valence-corrected chi connectivity index (χ1v) is 9.10. The van der Waals surface area contributed by atoms with Gasteiger partial charge in [0.2, 0.25) is 0 Å². The highest BCUT2D eigenvalue weighted by atomic mass is 19.4. The molecule has 6 nitrogen and oxygen atoms in total. The van der Waals surface area contributed by atoms with E-state index in [0.717, 1.165) is 31.9 Å². The summed E-state index contributed by atoms with van der Waals surface area (Å²) >= 11 is 0. The Balaban J connectivity index is 1.77. The lowest BCUT2D eigenvalue weighted by Crippen LogP contribution is -2.42. The van der Waals surface area contributed by atoms with Crippen LogP contribution in [-0.2, 0) is 12.7 Å². The fourth-order valence-electron chi connectivity index (χ4n) is 3.38. The van der Waals surface area contributed by atoms with Gasteiger partial charge >= 0.3 is 6.18 Å². The van der Waals surface area contributed by atoms with Crippen molar-refractivity contribution in [1.29, 1.82) is 0 Å². The van der Waals surface area contributed by atoms with Crippen molar-refractivity contribution in [2.24, 2.45) is 0 Å². The first-order chi connectivity index (χ1) is 13.4. The van der Waals surface area contributed by atoms with Gasteiger partial charge in [0.1, 0.15) is 23.7 Å². The van der Waals surface area contributed by atoms with E-state index in [4.69, 9.17) is 4.74 Å². The zero-order valence-corrected chi connectivity index (χ0v) is 15.5. The van der Waals surface area contributed by atoms with Crippen molar-refractivity contribution in [2.45, 2.75) is 38.0 Å². The largest absolute Gasteiger partial charge is 0.497 e. The summed E-state index contributed by atoms with van der Waals surface area (Å²) in [4.78, 5) is 10.4. The molecule has 9 heteroatoms. The molecule has 152 valence electrons. The van der Waals surface area contributed by atoms with Crippen molar-refractivity contribution in [2.75, 3.05) is 30.5 Å². The maximum Gasteiger partial charge on any atom is 0.416 e. The van der Waals surface area contributed by atoms with Gasteiger partial charge in [-0.3, -0.25) is 0 Å². The number of methoxy groups -OCH3 is 1. The molecule has 0 aliphatic carbocycles. The van der Waals surface area contributed by atoms with Gasteiger partial charge in [-0.1, -0.05) is 6.07 Å². The highest BCUT2D eigenvalue weighted by molar-refractivity contribution is 5.50. The minimum Gasteiger partial charge on any atom is -0.497 e. The number of halogens is 3. The molecule has 2 N–H and O–H groups in total. The molecule has 1 atom stereocenters. The highest BCUT2D eigenvalue weighted by Crippen LogP contribution is 2.34. The minimum absolute atomic E-state index is 0.00470. The number of piperidine rings is 1. The van der Waals surface area contributed by atoms with Crippen LogP contribution in [0.4, 0.5) is 24.8 Å². The SMILES string of the molecule is COc1ccc(CNc2cc(N3CCCCC3CO)ncn2)c(C(F)(F)F)c1. The summed E-state index contributed by atoms with van der Waals surface area (Å²) in [5.41, 5.74) is -0.648. The van der Waals surface area contributed by atoms with Crippen LogP contribution in [0.3, 0.4) is 0 Å². The predicted molar refractivity (Wildman–Crippen MR) is 99.4 cm³/mol. The van der Waals surface area contributed by atoms with Gasteiger partial charge in [0, 0.05) is 19.2 Å². The van der Waals surface area contributed by atoms with E-state index in [0.29, 0.717) is 11.6 Å². The van der Waals surface area contributed by atoms with Crippen molar-refractivity contribution in [3.63, 3.8) is 0 Å². The Kier molecular flexibility index (Phi) is 6.23. The number of aromatic nitrogens is 2. The van der Waals surface area contributed by atoms with E-state index in [-0.39, 0.29) is 30.5 Å². The van der Waals surface area contributed by atoms with E-state index in [1.807, 2.05) is 4.90 Å². The molecular weight excluding hydrogens is 373 g/mol. The van der Waals surface area contributed by atoms with Crippen molar-refractivity contribution in [3.05, 3.63) is 41.7 Å². The van der Waals surface area contributed by atoms with Crippen LogP contribution in [0.25, 0.3) is 0 Å². The fraction of sp³-hybridized carbons (Fsp3) is 0.474. The number of rotatable bonds is 6. The van der Waals surface area contributed by atoms with Crippen LogP contribution >= 0.6 is 0 Å². The second-order valence-corrected chi connectivity index (χ2v) is 6.66.